The number of hydrogen-bond donors (Lipinski definition) is 1. The number of pyridine rings is 1. The van der Waals surface area contributed by atoms with E-state index in [0.29, 0.717) is 0 Å². The van der Waals surface area contributed by atoms with Crippen LogP contribution in [0.3, 0.4) is 0 Å². The molecule has 0 atom stereocenters. The van der Waals surface area contributed by atoms with Gasteiger partial charge < -0.3 is 5.11 Å². The van der Waals surface area contributed by atoms with Crippen molar-refractivity contribution in [1.82, 2.24) is 9.88 Å². The molecular formula is C15H18N2O. The third kappa shape index (κ3) is 2.00. The van der Waals surface area contributed by atoms with Crippen molar-refractivity contribution in [1.29, 1.82) is 0 Å². The van der Waals surface area contributed by atoms with Crippen LogP contribution in [0.15, 0.2) is 36.5 Å². The summed E-state index contributed by atoms with van der Waals surface area (Å²) in [7, 11) is 0. The summed E-state index contributed by atoms with van der Waals surface area (Å²) in [5.41, 5.74) is 1.88. The Morgan fingerprint density at radius 2 is 2.06 bits per heavy atom. The Balaban J connectivity index is 1.80. The summed E-state index contributed by atoms with van der Waals surface area (Å²) in [6.07, 6.45) is 2.70. The molecule has 3 rings (SSSR count). The lowest BCUT2D eigenvalue weighted by atomic mass is 9.90. The highest BCUT2D eigenvalue weighted by molar-refractivity contribution is 5.81. The molecule has 1 aliphatic heterocycles. The Labute approximate surface area is 107 Å². The number of nitrogens with zero attached hydrogens (tertiary/aromatic N) is 2. The molecule has 0 saturated carbocycles. The zero-order chi connectivity index (χ0) is 12.6. The topological polar surface area (TPSA) is 36.4 Å². The Hall–Kier alpha value is -1.45. The molecule has 1 aromatic heterocycles. The zero-order valence-corrected chi connectivity index (χ0v) is 10.6. The van der Waals surface area contributed by atoms with E-state index in [1.54, 1.807) is 0 Å². The highest BCUT2D eigenvalue weighted by Crippen LogP contribution is 2.27. The van der Waals surface area contributed by atoms with Gasteiger partial charge in [-0.05, 0) is 24.1 Å². The second kappa shape index (κ2) is 4.34. The maximum atomic E-state index is 10.0. The second-order valence-corrected chi connectivity index (χ2v) is 5.21. The number of fused-ring (bicyclic) bond motifs is 1. The SMILES string of the molecule is CCC1(O)CN(Cc2ccnc3ccccc23)C1. The summed E-state index contributed by atoms with van der Waals surface area (Å²) < 4.78 is 0. The van der Waals surface area contributed by atoms with E-state index in [2.05, 4.69) is 22.0 Å². The minimum absolute atomic E-state index is 0.456. The Kier molecular flexibility index (Phi) is 2.80. The lowest BCUT2D eigenvalue weighted by Gasteiger charge is -2.46. The summed E-state index contributed by atoms with van der Waals surface area (Å²) in [6, 6.07) is 10.3. The van der Waals surface area contributed by atoms with Gasteiger partial charge in [0.2, 0.25) is 0 Å². The van der Waals surface area contributed by atoms with E-state index in [1.807, 2.05) is 31.3 Å². The van der Waals surface area contributed by atoms with Gasteiger partial charge in [-0.1, -0.05) is 25.1 Å². The second-order valence-electron chi connectivity index (χ2n) is 5.21. The molecule has 94 valence electrons. The highest BCUT2D eigenvalue weighted by Gasteiger charge is 2.39. The molecule has 3 heteroatoms. The molecule has 0 bridgehead atoms. The van der Waals surface area contributed by atoms with Crippen molar-refractivity contribution in [3.8, 4) is 0 Å². The number of likely N-dealkylation sites (tertiary alicyclic amines) is 1. The van der Waals surface area contributed by atoms with E-state index in [-0.39, 0.29) is 0 Å². The Morgan fingerprint density at radius 1 is 1.28 bits per heavy atom. The summed E-state index contributed by atoms with van der Waals surface area (Å²) >= 11 is 0. The zero-order valence-electron chi connectivity index (χ0n) is 10.6. The van der Waals surface area contributed by atoms with Crippen molar-refractivity contribution in [2.45, 2.75) is 25.5 Å². The fourth-order valence-corrected chi connectivity index (χ4v) is 2.66. The Morgan fingerprint density at radius 3 is 2.83 bits per heavy atom. The molecule has 18 heavy (non-hydrogen) atoms. The van der Waals surface area contributed by atoms with Crippen molar-refractivity contribution in [3.05, 3.63) is 42.1 Å². The van der Waals surface area contributed by atoms with Gasteiger partial charge in [-0.25, -0.2) is 0 Å². The molecule has 0 radical (unpaired) electrons. The average molecular weight is 242 g/mol. The minimum atomic E-state index is -0.456. The third-order valence-corrected chi connectivity index (χ3v) is 3.83. The van der Waals surface area contributed by atoms with Crippen molar-refractivity contribution < 1.29 is 5.11 Å². The van der Waals surface area contributed by atoms with Crippen LogP contribution < -0.4 is 0 Å². The molecule has 0 aliphatic carbocycles. The third-order valence-electron chi connectivity index (χ3n) is 3.83. The van der Waals surface area contributed by atoms with Crippen LogP contribution in [0.2, 0.25) is 0 Å². The number of benzene rings is 1. The van der Waals surface area contributed by atoms with Crippen LogP contribution >= 0.6 is 0 Å². The van der Waals surface area contributed by atoms with Crippen LogP contribution in [0.1, 0.15) is 18.9 Å². The lowest BCUT2D eigenvalue weighted by molar-refractivity contribution is -0.103. The van der Waals surface area contributed by atoms with Crippen LogP contribution in [0.25, 0.3) is 10.9 Å². The number of aliphatic hydroxyl groups is 1. The van der Waals surface area contributed by atoms with Gasteiger partial charge in [0, 0.05) is 31.2 Å². The molecule has 2 heterocycles. The van der Waals surface area contributed by atoms with Gasteiger partial charge in [0.15, 0.2) is 0 Å². The van der Waals surface area contributed by atoms with Gasteiger partial charge in [-0.3, -0.25) is 9.88 Å². The molecule has 1 aliphatic rings. The molecular weight excluding hydrogens is 224 g/mol. The highest BCUT2D eigenvalue weighted by atomic mass is 16.3. The van der Waals surface area contributed by atoms with Gasteiger partial charge in [-0.15, -0.1) is 0 Å². The average Bonchev–Trinajstić information content (AvgIpc) is 2.37. The molecule has 3 nitrogen and oxygen atoms in total. The first kappa shape index (κ1) is 11.6. The Bertz CT molecular complexity index is 556. The maximum absolute atomic E-state index is 10.0. The summed E-state index contributed by atoms with van der Waals surface area (Å²) in [5, 5.41) is 11.2. The molecule has 2 aromatic rings. The number of hydrogen-bond acceptors (Lipinski definition) is 3. The fourth-order valence-electron chi connectivity index (χ4n) is 2.66. The molecule has 0 amide bonds. The van der Waals surface area contributed by atoms with Gasteiger partial charge in [0.05, 0.1) is 11.1 Å². The lowest BCUT2D eigenvalue weighted by Crippen LogP contribution is -2.60. The minimum Gasteiger partial charge on any atom is -0.387 e. The predicted octanol–water partition coefficient (Wildman–Crippen LogP) is 2.19. The van der Waals surface area contributed by atoms with Crippen molar-refractivity contribution in [2.24, 2.45) is 0 Å². The summed E-state index contributed by atoms with van der Waals surface area (Å²) in [4.78, 5) is 6.65. The number of rotatable bonds is 3. The first-order chi connectivity index (χ1) is 8.70. The summed E-state index contributed by atoms with van der Waals surface area (Å²) in [6.45, 7) is 4.49. The van der Waals surface area contributed by atoms with Crippen LogP contribution in [0, 0.1) is 0 Å². The van der Waals surface area contributed by atoms with Gasteiger partial charge in [0.1, 0.15) is 0 Å². The number of β-amino-alcohol motifs (C(OH)–C–C–N with tert-alkyl or cyclic N) is 1. The van der Waals surface area contributed by atoms with E-state index in [0.717, 1.165) is 31.6 Å². The molecule has 1 fully saturated rings. The molecule has 1 saturated heterocycles. The fraction of sp³-hybridized carbons (Fsp3) is 0.400. The maximum Gasteiger partial charge on any atom is 0.0897 e. The summed E-state index contributed by atoms with van der Waals surface area (Å²) in [5.74, 6) is 0. The number of aromatic nitrogens is 1. The van der Waals surface area contributed by atoms with Gasteiger partial charge >= 0.3 is 0 Å². The van der Waals surface area contributed by atoms with Crippen LogP contribution in [0.5, 0.6) is 0 Å². The van der Waals surface area contributed by atoms with E-state index in [9.17, 15) is 5.11 Å². The van der Waals surface area contributed by atoms with Crippen molar-refractivity contribution in [2.75, 3.05) is 13.1 Å². The van der Waals surface area contributed by atoms with Crippen LogP contribution in [-0.2, 0) is 6.54 Å². The molecule has 1 N–H and O–H groups in total. The standard InChI is InChI=1S/C15H18N2O/c1-2-15(18)10-17(11-15)9-12-7-8-16-14-6-4-3-5-13(12)14/h3-8,18H,2,9-11H2,1H3. The molecule has 0 unspecified atom stereocenters. The van der Waals surface area contributed by atoms with Crippen molar-refractivity contribution in [3.63, 3.8) is 0 Å². The van der Waals surface area contributed by atoms with Gasteiger partial charge in [0.25, 0.3) is 0 Å². The first-order valence-electron chi connectivity index (χ1n) is 6.47. The van der Waals surface area contributed by atoms with Gasteiger partial charge in [-0.2, -0.15) is 0 Å². The molecule has 0 spiro atoms. The largest absolute Gasteiger partial charge is 0.387 e. The number of para-hydroxylation sites is 1. The predicted molar refractivity (Wildman–Crippen MR) is 72.3 cm³/mol. The smallest absolute Gasteiger partial charge is 0.0897 e. The van der Waals surface area contributed by atoms with Crippen molar-refractivity contribution >= 4 is 10.9 Å². The van der Waals surface area contributed by atoms with E-state index in [1.165, 1.54) is 10.9 Å². The van der Waals surface area contributed by atoms with E-state index < -0.39 is 5.60 Å². The normalized spacial score (nSPS) is 18.8. The first-order valence-corrected chi connectivity index (χ1v) is 6.47. The monoisotopic (exact) mass is 242 g/mol. The van der Waals surface area contributed by atoms with E-state index >= 15 is 0 Å². The van der Waals surface area contributed by atoms with Crippen LogP contribution in [-0.4, -0.2) is 33.7 Å². The van der Waals surface area contributed by atoms with Crippen LogP contribution in [0.4, 0.5) is 0 Å². The quantitative estimate of drug-likeness (QED) is 0.896. The molecule has 1 aromatic carbocycles. The van der Waals surface area contributed by atoms with E-state index in [4.69, 9.17) is 0 Å².